The fraction of sp³-hybridized carbons (Fsp3) is 0.632. The quantitative estimate of drug-likeness (QED) is 0.533. The predicted molar refractivity (Wildman–Crippen MR) is 108 cm³/mol. The molecule has 0 aromatic heterocycles. The number of guanidine groups is 1. The Hall–Kier alpha value is -1.60. The van der Waals surface area contributed by atoms with E-state index in [1.165, 1.54) is 6.26 Å². The molecule has 1 rings (SSSR count). The number of sulfone groups is 1. The molecule has 0 saturated heterocycles. The van der Waals surface area contributed by atoms with Gasteiger partial charge in [-0.2, -0.15) is 0 Å². The summed E-state index contributed by atoms with van der Waals surface area (Å²) in [4.78, 5) is 4.20. The van der Waals surface area contributed by atoms with Crippen LogP contribution in [0.25, 0.3) is 0 Å². The highest BCUT2D eigenvalue weighted by Crippen LogP contribution is 2.13. The van der Waals surface area contributed by atoms with Gasteiger partial charge in [-0.3, -0.25) is 4.99 Å². The van der Waals surface area contributed by atoms with Crippen molar-refractivity contribution in [2.45, 2.75) is 58.9 Å². The smallest absolute Gasteiger partial charge is 0.191 e. The van der Waals surface area contributed by atoms with E-state index in [-0.39, 0.29) is 17.4 Å². The van der Waals surface area contributed by atoms with E-state index in [0.717, 1.165) is 11.1 Å². The molecule has 148 valence electrons. The van der Waals surface area contributed by atoms with Crippen LogP contribution in [0.3, 0.4) is 0 Å². The lowest BCUT2D eigenvalue weighted by Crippen LogP contribution is -2.42. The highest BCUT2D eigenvalue weighted by Gasteiger charge is 2.11. The first-order chi connectivity index (χ1) is 12.0. The summed E-state index contributed by atoms with van der Waals surface area (Å²) in [6.07, 6.45) is 1.79. The van der Waals surface area contributed by atoms with E-state index in [2.05, 4.69) is 27.8 Å². The molecule has 0 aliphatic carbocycles. The minimum absolute atomic E-state index is 0.0162. The lowest BCUT2D eigenvalue weighted by Gasteiger charge is -2.20. The van der Waals surface area contributed by atoms with Gasteiger partial charge in [-0.1, -0.05) is 24.3 Å². The van der Waals surface area contributed by atoms with E-state index >= 15 is 0 Å². The van der Waals surface area contributed by atoms with Crippen LogP contribution in [0.1, 0.15) is 45.2 Å². The first-order valence-electron chi connectivity index (χ1n) is 8.85. The number of hydrogen-bond donors (Lipinski definition) is 2. The van der Waals surface area contributed by atoms with Crippen molar-refractivity contribution in [3.8, 4) is 0 Å². The van der Waals surface area contributed by atoms with Crippen molar-refractivity contribution in [1.82, 2.24) is 10.6 Å². The second-order valence-electron chi connectivity index (χ2n) is 7.61. The molecule has 0 aliphatic heterocycles. The summed E-state index contributed by atoms with van der Waals surface area (Å²) < 4.78 is 28.3. The van der Waals surface area contributed by atoms with Gasteiger partial charge in [0.15, 0.2) is 5.96 Å². The number of benzene rings is 1. The minimum atomic E-state index is -2.95. The van der Waals surface area contributed by atoms with Gasteiger partial charge in [0.1, 0.15) is 9.84 Å². The molecular weight excluding hydrogens is 350 g/mol. The van der Waals surface area contributed by atoms with Crippen LogP contribution in [0.4, 0.5) is 0 Å². The standard InChI is InChI=1S/C19H33N3O3S/c1-15(10-11-26(6,23)24)22-18(20-5)21-13-16-8-7-9-17(12-16)14-25-19(2,3)4/h7-9,12,15H,10-11,13-14H2,1-6H3,(H2,20,21,22). The highest BCUT2D eigenvalue weighted by atomic mass is 32.2. The number of hydrogen-bond acceptors (Lipinski definition) is 4. The van der Waals surface area contributed by atoms with Gasteiger partial charge in [-0.15, -0.1) is 0 Å². The van der Waals surface area contributed by atoms with Crippen LogP contribution < -0.4 is 10.6 Å². The zero-order chi connectivity index (χ0) is 19.8. The van der Waals surface area contributed by atoms with Gasteiger partial charge in [-0.05, 0) is 45.2 Å². The number of nitrogens with one attached hydrogen (secondary N) is 2. The van der Waals surface area contributed by atoms with Gasteiger partial charge in [0.25, 0.3) is 0 Å². The molecule has 0 aliphatic rings. The van der Waals surface area contributed by atoms with E-state index in [1.54, 1.807) is 7.05 Å². The second kappa shape index (κ2) is 9.92. The molecule has 1 unspecified atom stereocenters. The lowest BCUT2D eigenvalue weighted by atomic mass is 10.1. The van der Waals surface area contributed by atoms with Crippen LogP contribution in [0.15, 0.2) is 29.3 Å². The Bertz CT molecular complexity index is 694. The summed E-state index contributed by atoms with van der Waals surface area (Å²) in [6, 6.07) is 8.24. The number of ether oxygens (including phenoxy) is 1. The highest BCUT2D eigenvalue weighted by molar-refractivity contribution is 7.90. The molecule has 0 fully saturated rings. The predicted octanol–water partition coefficient (Wildman–Crippen LogP) is 2.49. The Morgan fingerprint density at radius 2 is 1.92 bits per heavy atom. The topological polar surface area (TPSA) is 79.8 Å². The van der Waals surface area contributed by atoms with Crippen LogP contribution >= 0.6 is 0 Å². The minimum Gasteiger partial charge on any atom is -0.371 e. The van der Waals surface area contributed by atoms with Crippen molar-refractivity contribution in [3.63, 3.8) is 0 Å². The van der Waals surface area contributed by atoms with Gasteiger partial charge in [0, 0.05) is 25.9 Å². The molecule has 0 spiro atoms. The van der Waals surface area contributed by atoms with E-state index in [9.17, 15) is 8.42 Å². The average Bonchev–Trinajstić information content (AvgIpc) is 2.54. The summed E-state index contributed by atoms with van der Waals surface area (Å²) in [5, 5.41) is 6.48. The Labute approximate surface area is 158 Å². The third kappa shape index (κ3) is 10.4. The number of rotatable bonds is 8. The molecule has 1 atom stereocenters. The van der Waals surface area contributed by atoms with Crippen LogP contribution in [0.2, 0.25) is 0 Å². The largest absolute Gasteiger partial charge is 0.371 e. The summed E-state index contributed by atoms with van der Waals surface area (Å²) in [7, 11) is -1.25. The van der Waals surface area contributed by atoms with Crippen molar-refractivity contribution < 1.29 is 13.2 Å². The SMILES string of the molecule is CN=C(NCc1cccc(COC(C)(C)C)c1)NC(C)CCS(C)(=O)=O. The van der Waals surface area contributed by atoms with E-state index in [0.29, 0.717) is 25.5 Å². The van der Waals surface area contributed by atoms with E-state index in [1.807, 2.05) is 39.8 Å². The average molecular weight is 384 g/mol. The van der Waals surface area contributed by atoms with Crippen LogP contribution in [0.5, 0.6) is 0 Å². The third-order valence-electron chi connectivity index (χ3n) is 3.65. The Balaban J connectivity index is 2.53. The summed E-state index contributed by atoms with van der Waals surface area (Å²) in [5.41, 5.74) is 2.10. The Morgan fingerprint density at radius 1 is 1.27 bits per heavy atom. The first kappa shape index (κ1) is 22.4. The van der Waals surface area contributed by atoms with E-state index < -0.39 is 9.84 Å². The summed E-state index contributed by atoms with van der Waals surface area (Å²) >= 11 is 0. The van der Waals surface area contributed by atoms with Crippen molar-refractivity contribution in [2.75, 3.05) is 19.1 Å². The molecule has 0 saturated carbocycles. The molecule has 0 heterocycles. The molecule has 0 bridgehead atoms. The molecule has 6 nitrogen and oxygen atoms in total. The fourth-order valence-corrected chi connectivity index (χ4v) is 2.99. The number of aliphatic imine (C=N–C) groups is 1. The molecule has 2 N–H and O–H groups in total. The second-order valence-corrected chi connectivity index (χ2v) is 9.87. The first-order valence-corrected chi connectivity index (χ1v) is 10.9. The zero-order valence-electron chi connectivity index (χ0n) is 16.8. The van der Waals surface area contributed by atoms with Gasteiger partial charge in [-0.25, -0.2) is 8.42 Å². The Morgan fingerprint density at radius 3 is 2.50 bits per heavy atom. The summed E-state index contributed by atoms with van der Waals surface area (Å²) in [5.74, 6) is 0.816. The van der Waals surface area contributed by atoms with Crippen molar-refractivity contribution in [1.29, 1.82) is 0 Å². The number of nitrogens with zero attached hydrogens (tertiary/aromatic N) is 1. The molecule has 7 heteroatoms. The van der Waals surface area contributed by atoms with Gasteiger partial charge >= 0.3 is 0 Å². The van der Waals surface area contributed by atoms with Crippen molar-refractivity contribution in [2.24, 2.45) is 4.99 Å². The van der Waals surface area contributed by atoms with Crippen LogP contribution in [-0.2, 0) is 27.7 Å². The fourth-order valence-electron chi connectivity index (χ4n) is 2.21. The zero-order valence-corrected chi connectivity index (χ0v) is 17.6. The van der Waals surface area contributed by atoms with Crippen molar-refractivity contribution >= 4 is 15.8 Å². The summed E-state index contributed by atoms with van der Waals surface area (Å²) in [6.45, 7) is 9.27. The molecule has 0 amide bonds. The molecular formula is C19H33N3O3S. The van der Waals surface area contributed by atoms with Crippen molar-refractivity contribution in [3.05, 3.63) is 35.4 Å². The van der Waals surface area contributed by atoms with Gasteiger partial charge in [0.2, 0.25) is 0 Å². The monoisotopic (exact) mass is 383 g/mol. The van der Waals surface area contributed by atoms with E-state index in [4.69, 9.17) is 4.74 Å². The third-order valence-corrected chi connectivity index (χ3v) is 4.63. The lowest BCUT2D eigenvalue weighted by molar-refractivity contribution is -0.0149. The molecule has 1 aromatic rings. The molecule has 0 radical (unpaired) electrons. The van der Waals surface area contributed by atoms with Gasteiger partial charge < -0.3 is 15.4 Å². The maximum atomic E-state index is 11.3. The molecule has 1 aromatic carbocycles. The normalized spacial score (nSPS) is 14.2. The van der Waals surface area contributed by atoms with Gasteiger partial charge in [0.05, 0.1) is 18.0 Å². The maximum Gasteiger partial charge on any atom is 0.191 e. The molecule has 26 heavy (non-hydrogen) atoms. The van der Waals surface area contributed by atoms with Crippen LogP contribution in [-0.4, -0.2) is 45.1 Å². The Kier molecular flexibility index (Phi) is 8.56. The van der Waals surface area contributed by atoms with Crippen LogP contribution in [0, 0.1) is 0 Å². The maximum absolute atomic E-state index is 11.3.